The van der Waals surface area contributed by atoms with Gasteiger partial charge in [-0.2, -0.15) is 0 Å². The highest BCUT2D eigenvalue weighted by Crippen LogP contribution is 2.42. The third kappa shape index (κ3) is 3.80. The van der Waals surface area contributed by atoms with E-state index in [1.54, 1.807) is 61.5 Å². The summed E-state index contributed by atoms with van der Waals surface area (Å²) in [7, 11) is 0. The molecule has 1 atom stereocenters. The van der Waals surface area contributed by atoms with E-state index in [9.17, 15) is 14.7 Å². The largest absolute Gasteiger partial charge is 0.507 e. The summed E-state index contributed by atoms with van der Waals surface area (Å²) in [6, 6.07) is 14.0. The molecule has 4 rings (SSSR count). The number of hydrogen-bond acceptors (Lipinski definition) is 6. The lowest BCUT2D eigenvalue weighted by Crippen LogP contribution is -2.29. The summed E-state index contributed by atoms with van der Waals surface area (Å²) >= 11 is 5.94. The van der Waals surface area contributed by atoms with Gasteiger partial charge in [0.15, 0.2) is 5.82 Å². The van der Waals surface area contributed by atoms with Gasteiger partial charge < -0.3 is 14.4 Å². The fourth-order valence-corrected chi connectivity index (χ4v) is 3.65. The number of benzene rings is 2. The van der Waals surface area contributed by atoms with Crippen LogP contribution in [0.5, 0.6) is 5.75 Å². The van der Waals surface area contributed by atoms with E-state index < -0.39 is 17.7 Å². The first-order chi connectivity index (χ1) is 14.9. The van der Waals surface area contributed by atoms with Gasteiger partial charge in [0, 0.05) is 16.7 Å². The Morgan fingerprint density at radius 3 is 2.42 bits per heavy atom. The van der Waals surface area contributed by atoms with Crippen molar-refractivity contribution in [3.8, 4) is 5.75 Å². The van der Waals surface area contributed by atoms with E-state index in [1.807, 2.05) is 6.92 Å². The van der Waals surface area contributed by atoms with Crippen molar-refractivity contribution in [3.63, 3.8) is 0 Å². The number of rotatable bonds is 5. The number of Topliss-reactive ketones (excluding diaryl/α,β-unsaturated/α-hetero) is 1. The number of halogens is 1. The predicted molar refractivity (Wildman–Crippen MR) is 115 cm³/mol. The highest BCUT2D eigenvalue weighted by Gasteiger charge is 2.48. The van der Waals surface area contributed by atoms with Crippen LogP contribution in [0.2, 0.25) is 5.02 Å². The SMILES string of the molecule is CCOc1ccc([C@H]2C(=C(O)c3ccc(Cl)cc3)C(=O)C(=O)N2c2cc(C)on2)cc1. The van der Waals surface area contributed by atoms with Crippen LogP contribution in [0.15, 0.2) is 64.7 Å². The monoisotopic (exact) mass is 438 g/mol. The number of amides is 1. The number of aryl methyl sites for hydroxylation is 1. The molecule has 158 valence electrons. The molecular formula is C23H19ClN2O5. The van der Waals surface area contributed by atoms with Crippen LogP contribution in [0.3, 0.4) is 0 Å². The molecule has 1 N–H and O–H groups in total. The minimum Gasteiger partial charge on any atom is -0.507 e. The van der Waals surface area contributed by atoms with Crippen molar-refractivity contribution in [2.24, 2.45) is 0 Å². The zero-order valence-corrected chi connectivity index (χ0v) is 17.6. The van der Waals surface area contributed by atoms with Crippen LogP contribution in [0.4, 0.5) is 5.82 Å². The molecule has 7 nitrogen and oxygen atoms in total. The van der Waals surface area contributed by atoms with Crippen molar-refractivity contribution >= 4 is 34.9 Å². The van der Waals surface area contributed by atoms with Gasteiger partial charge in [0.05, 0.1) is 18.2 Å². The van der Waals surface area contributed by atoms with E-state index in [2.05, 4.69) is 5.16 Å². The minimum atomic E-state index is -0.893. The second-order valence-electron chi connectivity index (χ2n) is 6.97. The molecule has 1 aliphatic heterocycles. The third-order valence-electron chi connectivity index (χ3n) is 4.93. The van der Waals surface area contributed by atoms with E-state index in [1.165, 1.54) is 4.90 Å². The Bertz CT molecular complexity index is 1170. The average Bonchev–Trinajstić information content (AvgIpc) is 3.30. The smallest absolute Gasteiger partial charge is 0.301 e. The van der Waals surface area contributed by atoms with Crippen LogP contribution < -0.4 is 9.64 Å². The molecular weight excluding hydrogens is 420 g/mol. The van der Waals surface area contributed by atoms with Crippen LogP contribution in [0.25, 0.3) is 5.76 Å². The molecule has 2 aromatic carbocycles. The number of aliphatic hydroxyl groups excluding tert-OH is 1. The predicted octanol–water partition coefficient (Wildman–Crippen LogP) is 4.66. The zero-order valence-electron chi connectivity index (χ0n) is 16.8. The molecule has 0 aliphatic carbocycles. The molecule has 0 spiro atoms. The summed E-state index contributed by atoms with van der Waals surface area (Å²) in [6.07, 6.45) is 0. The van der Waals surface area contributed by atoms with Gasteiger partial charge in [0.1, 0.15) is 17.3 Å². The van der Waals surface area contributed by atoms with Crippen molar-refractivity contribution in [1.82, 2.24) is 5.16 Å². The Morgan fingerprint density at radius 1 is 1.16 bits per heavy atom. The number of hydrogen-bond donors (Lipinski definition) is 1. The van der Waals surface area contributed by atoms with Gasteiger partial charge >= 0.3 is 5.91 Å². The van der Waals surface area contributed by atoms with Gasteiger partial charge in [0.2, 0.25) is 0 Å². The minimum absolute atomic E-state index is 0.0443. The number of anilines is 1. The highest BCUT2D eigenvalue weighted by molar-refractivity contribution is 6.51. The van der Waals surface area contributed by atoms with E-state index in [0.717, 1.165) is 0 Å². The van der Waals surface area contributed by atoms with Crippen molar-refractivity contribution in [2.75, 3.05) is 11.5 Å². The first-order valence-electron chi connectivity index (χ1n) is 9.63. The zero-order chi connectivity index (χ0) is 22.1. The summed E-state index contributed by atoms with van der Waals surface area (Å²) in [5.41, 5.74) is 0.936. The number of aliphatic hydroxyl groups is 1. The second-order valence-corrected chi connectivity index (χ2v) is 7.41. The number of aromatic nitrogens is 1. The number of ether oxygens (including phenoxy) is 1. The Hall–Kier alpha value is -3.58. The molecule has 31 heavy (non-hydrogen) atoms. The van der Waals surface area contributed by atoms with E-state index in [0.29, 0.717) is 34.3 Å². The van der Waals surface area contributed by atoms with Crippen molar-refractivity contribution in [2.45, 2.75) is 19.9 Å². The molecule has 0 saturated carbocycles. The molecule has 0 radical (unpaired) electrons. The number of carbonyl (C=O) groups is 2. The lowest BCUT2D eigenvalue weighted by Gasteiger charge is -2.23. The molecule has 2 heterocycles. The Labute approximate surface area is 183 Å². The molecule has 0 bridgehead atoms. The molecule has 1 amide bonds. The lowest BCUT2D eigenvalue weighted by atomic mass is 9.95. The number of carbonyl (C=O) groups excluding carboxylic acids is 2. The van der Waals surface area contributed by atoms with Crippen molar-refractivity contribution < 1.29 is 24.0 Å². The normalized spacial score (nSPS) is 17.9. The molecule has 1 fully saturated rings. The van der Waals surface area contributed by atoms with E-state index >= 15 is 0 Å². The van der Waals surface area contributed by atoms with Gasteiger partial charge in [-0.25, -0.2) is 0 Å². The van der Waals surface area contributed by atoms with Crippen LogP contribution in [0, 0.1) is 6.92 Å². The maximum absolute atomic E-state index is 13.0. The maximum atomic E-state index is 13.0. The van der Waals surface area contributed by atoms with E-state index in [-0.39, 0.29) is 17.2 Å². The van der Waals surface area contributed by atoms with Crippen LogP contribution in [0.1, 0.15) is 29.9 Å². The van der Waals surface area contributed by atoms with Gasteiger partial charge in [0.25, 0.3) is 5.78 Å². The molecule has 1 saturated heterocycles. The first-order valence-corrected chi connectivity index (χ1v) is 10.0. The van der Waals surface area contributed by atoms with Crippen LogP contribution >= 0.6 is 11.6 Å². The Kier molecular flexibility index (Phi) is 5.52. The van der Waals surface area contributed by atoms with Crippen LogP contribution in [-0.4, -0.2) is 28.6 Å². The molecule has 1 aliphatic rings. The van der Waals surface area contributed by atoms with Gasteiger partial charge in [-0.15, -0.1) is 0 Å². The summed E-state index contributed by atoms with van der Waals surface area (Å²) in [6.45, 7) is 4.07. The topological polar surface area (TPSA) is 92.9 Å². The fourth-order valence-electron chi connectivity index (χ4n) is 3.53. The Morgan fingerprint density at radius 2 is 1.84 bits per heavy atom. The molecule has 3 aromatic rings. The third-order valence-corrected chi connectivity index (χ3v) is 5.18. The maximum Gasteiger partial charge on any atom is 0.301 e. The summed E-state index contributed by atoms with van der Waals surface area (Å²) in [4.78, 5) is 27.2. The number of ketones is 1. The van der Waals surface area contributed by atoms with Gasteiger partial charge in [-0.05, 0) is 55.8 Å². The molecule has 8 heteroatoms. The summed E-state index contributed by atoms with van der Waals surface area (Å²) in [5, 5.41) is 15.4. The van der Waals surface area contributed by atoms with E-state index in [4.69, 9.17) is 20.9 Å². The fraction of sp³-hybridized carbons (Fsp3) is 0.174. The lowest BCUT2D eigenvalue weighted by molar-refractivity contribution is -0.132. The van der Waals surface area contributed by atoms with Crippen molar-refractivity contribution in [1.29, 1.82) is 0 Å². The standard InChI is InChI=1S/C23H19ClN2O5/c1-3-30-17-10-6-14(7-11-17)20-19(21(27)15-4-8-16(24)9-5-15)22(28)23(29)26(20)18-12-13(2)31-25-18/h4-12,20,27H,3H2,1-2H3/t20-/m0/s1. The average molecular weight is 439 g/mol. The van der Waals surface area contributed by atoms with Gasteiger partial charge in [-0.3, -0.25) is 14.5 Å². The van der Waals surface area contributed by atoms with Crippen LogP contribution in [-0.2, 0) is 9.59 Å². The second kappa shape index (κ2) is 8.28. The molecule has 1 aromatic heterocycles. The summed E-state index contributed by atoms with van der Waals surface area (Å²) < 4.78 is 10.6. The number of nitrogens with zero attached hydrogens (tertiary/aromatic N) is 2. The summed E-state index contributed by atoms with van der Waals surface area (Å²) in [5.74, 6) is -0.585. The first kappa shape index (κ1) is 20.7. The van der Waals surface area contributed by atoms with Crippen molar-refractivity contribution in [3.05, 3.63) is 82.1 Å². The molecule has 0 unspecified atom stereocenters. The quantitative estimate of drug-likeness (QED) is 0.354. The van der Waals surface area contributed by atoms with Gasteiger partial charge in [-0.1, -0.05) is 28.9 Å². The Balaban J connectivity index is 1.89. The highest BCUT2D eigenvalue weighted by atomic mass is 35.5.